The minimum Gasteiger partial charge on any atom is -0.463 e. The van der Waals surface area contributed by atoms with Crippen molar-refractivity contribution < 1.29 is 9.21 Å². The molecule has 4 nitrogen and oxygen atoms in total. The Labute approximate surface area is 74.6 Å². The second kappa shape index (κ2) is 2.90. The first-order valence-corrected chi connectivity index (χ1v) is 3.87. The molecule has 0 amide bonds. The average molecular weight is 176 g/mol. The minimum atomic E-state index is 0.323. The second-order valence-electron chi connectivity index (χ2n) is 2.69. The summed E-state index contributed by atoms with van der Waals surface area (Å²) in [5, 5.41) is 0. The number of hydrogen-bond acceptors (Lipinski definition) is 3. The van der Waals surface area contributed by atoms with Gasteiger partial charge >= 0.3 is 0 Å². The van der Waals surface area contributed by atoms with Gasteiger partial charge in [0.1, 0.15) is 5.69 Å². The molecule has 2 heterocycles. The number of aromatic nitrogens is 2. The van der Waals surface area contributed by atoms with Gasteiger partial charge < -0.3 is 9.40 Å². The van der Waals surface area contributed by atoms with Crippen molar-refractivity contribution in [2.45, 2.75) is 6.92 Å². The first kappa shape index (κ1) is 7.79. The van der Waals surface area contributed by atoms with E-state index in [0.29, 0.717) is 23.6 Å². The van der Waals surface area contributed by atoms with Crippen molar-refractivity contribution in [1.82, 2.24) is 9.97 Å². The molecule has 0 aliphatic rings. The van der Waals surface area contributed by atoms with Crippen LogP contribution >= 0.6 is 0 Å². The number of carbonyl (C=O) groups is 1. The molecule has 0 atom stereocenters. The van der Waals surface area contributed by atoms with Crippen molar-refractivity contribution in [1.29, 1.82) is 0 Å². The largest absolute Gasteiger partial charge is 0.463 e. The van der Waals surface area contributed by atoms with Crippen LogP contribution in [-0.4, -0.2) is 16.3 Å². The number of aryl methyl sites for hydroxylation is 1. The number of furan rings is 1. The highest BCUT2D eigenvalue weighted by Gasteiger charge is 2.09. The zero-order chi connectivity index (χ0) is 9.26. The molecule has 2 rings (SSSR count). The first-order valence-electron chi connectivity index (χ1n) is 3.87. The lowest BCUT2D eigenvalue weighted by atomic mass is 10.3. The van der Waals surface area contributed by atoms with E-state index in [0.717, 1.165) is 5.69 Å². The van der Waals surface area contributed by atoms with Gasteiger partial charge in [-0.25, -0.2) is 4.98 Å². The van der Waals surface area contributed by atoms with Gasteiger partial charge in [0.05, 0.1) is 6.26 Å². The van der Waals surface area contributed by atoms with E-state index in [-0.39, 0.29) is 0 Å². The first-order chi connectivity index (χ1) is 6.31. The van der Waals surface area contributed by atoms with Crippen LogP contribution in [0.15, 0.2) is 22.8 Å². The van der Waals surface area contributed by atoms with Gasteiger partial charge in [-0.1, -0.05) is 0 Å². The molecule has 0 radical (unpaired) electrons. The summed E-state index contributed by atoms with van der Waals surface area (Å²) in [5.41, 5.74) is 1.52. The normalized spacial score (nSPS) is 10.2. The molecule has 0 spiro atoms. The van der Waals surface area contributed by atoms with Crippen molar-refractivity contribution in [3.8, 4) is 11.5 Å². The zero-order valence-electron chi connectivity index (χ0n) is 7.07. The van der Waals surface area contributed by atoms with Crippen LogP contribution in [0.3, 0.4) is 0 Å². The highest BCUT2D eigenvalue weighted by Crippen LogP contribution is 2.20. The van der Waals surface area contributed by atoms with Crippen LogP contribution in [0.1, 0.15) is 16.3 Å². The Hall–Kier alpha value is -1.84. The number of nitrogens with zero attached hydrogens (tertiary/aromatic N) is 1. The van der Waals surface area contributed by atoms with E-state index < -0.39 is 0 Å². The second-order valence-corrected chi connectivity index (χ2v) is 2.69. The molecule has 66 valence electrons. The number of H-pyrrole nitrogens is 1. The van der Waals surface area contributed by atoms with Gasteiger partial charge in [-0.3, -0.25) is 4.79 Å². The van der Waals surface area contributed by atoms with Crippen LogP contribution in [0.2, 0.25) is 0 Å². The molecular weight excluding hydrogens is 168 g/mol. The molecule has 1 N–H and O–H groups in total. The smallest absolute Gasteiger partial charge is 0.185 e. The fourth-order valence-electron chi connectivity index (χ4n) is 1.19. The lowest BCUT2D eigenvalue weighted by Crippen LogP contribution is -1.80. The number of nitrogens with one attached hydrogen (secondary N) is 1. The van der Waals surface area contributed by atoms with Crippen LogP contribution < -0.4 is 0 Å². The van der Waals surface area contributed by atoms with Crippen LogP contribution in [0.5, 0.6) is 0 Å². The fourth-order valence-corrected chi connectivity index (χ4v) is 1.19. The van der Waals surface area contributed by atoms with Crippen LogP contribution in [0, 0.1) is 6.92 Å². The van der Waals surface area contributed by atoms with Gasteiger partial charge in [0.25, 0.3) is 0 Å². The van der Waals surface area contributed by atoms with Crippen LogP contribution in [-0.2, 0) is 0 Å². The Morgan fingerprint density at radius 2 is 2.46 bits per heavy atom. The number of aldehydes is 1. The quantitative estimate of drug-likeness (QED) is 0.709. The zero-order valence-corrected chi connectivity index (χ0v) is 7.07. The van der Waals surface area contributed by atoms with E-state index in [1.54, 1.807) is 18.4 Å². The van der Waals surface area contributed by atoms with E-state index in [2.05, 4.69) is 9.97 Å². The molecule has 13 heavy (non-hydrogen) atoms. The fraction of sp³-hybridized carbons (Fsp3) is 0.111. The molecule has 0 saturated carbocycles. The van der Waals surface area contributed by atoms with Gasteiger partial charge in [-0.2, -0.15) is 0 Å². The maximum absolute atomic E-state index is 10.4. The third-order valence-corrected chi connectivity index (χ3v) is 1.77. The summed E-state index contributed by atoms with van der Waals surface area (Å²) < 4.78 is 5.16. The average Bonchev–Trinajstić information content (AvgIpc) is 2.72. The molecular formula is C9H8N2O2. The van der Waals surface area contributed by atoms with E-state index in [1.165, 1.54) is 0 Å². The lowest BCUT2D eigenvalue weighted by Gasteiger charge is -1.89. The molecule has 0 aliphatic carbocycles. The molecule has 0 bridgehead atoms. The van der Waals surface area contributed by atoms with Gasteiger partial charge in [-0.15, -0.1) is 0 Å². The molecule has 0 fully saturated rings. The molecule has 0 unspecified atom stereocenters. The SMILES string of the molecule is Cc1[nH]c(C=O)nc1-c1ccco1. The predicted molar refractivity (Wildman–Crippen MR) is 46.4 cm³/mol. The minimum absolute atomic E-state index is 0.323. The number of imidazole rings is 1. The van der Waals surface area contributed by atoms with Gasteiger partial charge in [0.15, 0.2) is 17.9 Å². The van der Waals surface area contributed by atoms with Crippen molar-refractivity contribution in [2.75, 3.05) is 0 Å². The summed E-state index contributed by atoms with van der Waals surface area (Å²) in [6.07, 6.45) is 2.25. The third kappa shape index (κ3) is 1.26. The molecule has 2 aromatic heterocycles. The number of rotatable bonds is 2. The Morgan fingerprint density at radius 1 is 1.62 bits per heavy atom. The van der Waals surface area contributed by atoms with Gasteiger partial charge in [0.2, 0.25) is 0 Å². The maximum atomic E-state index is 10.4. The number of aromatic amines is 1. The Bertz CT molecular complexity index is 415. The molecule has 0 aromatic carbocycles. The summed E-state index contributed by atoms with van der Waals surface area (Å²) >= 11 is 0. The summed E-state index contributed by atoms with van der Waals surface area (Å²) in [5.74, 6) is 0.991. The summed E-state index contributed by atoms with van der Waals surface area (Å²) in [6.45, 7) is 1.85. The molecule has 4 heteroatoms. The van der Waals surface area contributed by atoms with Crippen molar-refractivity contribution in [3.63, 3.8) is 0 Å². The molecule has 0 aliphatic heterocycles. The van der Waals surface area contributed by atoms with E-state index in [9.17, 15) is 4.79 Å². The van der Waals surface area contributed by atoms with E-state index >= 15 is 0 Å². The Kier molecular flexibility index (Phi) is 1.73. The number of carbonyl (C=O) groups excluding carboxylic acids is 1. The van der Waals surface area contributed by atoms with Crippen LogP contribution in [0.4, 0.5) is 0 Å². The monoisotopic (exact) mass is 176 g/mol. The van der Waals surface area contributed by atoms with Crippen molar-refractivity contribution in [2.24, 2.45) is 0 Å². The summed E-state index contributed by atoms with van der Waals surface area (Å²) in [4.78, 5) is 17.3. The third-order valence-electron chi connectivity index (χ3n) is 1.77. The van der Waals surface area contributed by atoms with Crippen molar-refractivity contribution >= 4 is 6.29 Å². The van der Waals surface area contributed by atoms with Crippen LogP contribution in [0.25, 0.3) is 11.5 Å². The molecule has 0 saturated heterocycles. The van der Waals surface area contributed by atoms with Crippen molar-refractivity contribution in [3.05, 3.63) is 29.9 Å². The predicted octanol–water partition coefficient (Wildman–Crippen LogP) is 1.79. The molecule has 2 aromatic rings. The number of hydrogen-bond donors (Lipinski definition) is 1. The highest BCUT2D eigenvalue weighted by molar-refractivity contribution is 5.72. The highest BCUT2D eigenvalue weighted by atomic mass is 16.3. The maximum Gasteiger partial charge on any atom is 0.185 e. The van der Waals surface area contributed by atoms with E-state index in [4.69, 9.17) is 4.42 Å². The lowest BCUT2D eigenvalue weighted by molar-refractivity contribution is 0.111. The topological polar surface area (TPSA) is 58.9 Å². The summed E-state index contributed by atoms with van der Waals surface area (Å²) in [6, 6.07) is 3.59. The summed E-state index contributed by atoms with van der Waals surface area (Å²) in [7, 11) is 0. The van der Waals surface area contributed by atoms with E-state index in [1.807, 2.05) is 6.92 Å². The standard InChI is InChI=1S/C9H8N2O2/c1-6-9(7-3-2-4-13-7)11-8(5-12)10-6/h2-5H,1H3,(H,10,11). The Balaban J connectivity index is 2.52. The Morgan fingerprint density at radius 3 is 3.00 bits per heavy atom. The van der Waals surface area contributed by atoms with Gasteiger partial charge in [-0.05, 0) is 19.1 Å². The van der Waals surface area contributed by atoms with Gasteiger partial charge in [0, 0.05) is 5.69 Å².